The normalized spacial score (nSPS) is 19.9. The van der Waals surface area contributed by atoms with Crippen LogP contribution in [0.25, 0.3) is 32.2 Å². The van der Waals surface area contributed by atoms with Crippen molar-refractivity contribution in [2.75, 3.05) is 56.2 Å². The van der Waals surface area contributed by atoms with E-state index in [4.69, 9.17) is 35.5 Å². The van der Waals surface area contributed by atoms with Crippen molar-refractivity contribution in [3.8, 4) is 17.1 Å². The summed E-state index contributed by atoms with van der Waals surface area (Å²) in [6, 6.07) is 3.96. The summed E-state index contributed by atoms with van der Waals surface area (Å²) in [7, 11) is 0. The molecule has 2 amide bonds. The van der Waals surface area contributed by atoms with Gasteiger partial charge in [-0.1, -0.05) is 22.9 Å². The molecule has 3 aliphatic heterocycles. The highest BCUT2D eigenvalue weighted by Crippen LogP contribution is 2.45. The van der Waals surface area contributed by atoms with Crippen LogP contribution in [0.15, 0.2) is 18.2 Å². The Hall–Kier alpha value is -4.12. The van der Waals surface area contributed by atoms with E-state index in [9.17, 15) is 9.59 Å². The third-order valence-electron chi connectivity index (χ3n) is 9.52. The third-order valence-corrected chi connectivity index (χ3v) is 10.8. The quantitative estimate of drug-likeness (QED) is 0.196. The lowest BCUT2D eigenvalue weighted by Crippen LogP contribution is -2.56. The zero-order chi connectivity index (χ0) is 39.4. The van der Waals surface area contributed by atoms with Crippen molar-refractivity contribution >= 4 is 67.2 Å². The Bertz CT molecular complexity index is 2110. The van der Waals surface area contributed by atoms with Crippen molar-refractivity contribution in [1.29, 1.82) is 0 Å². The first-order valence-corrected chi connectivity index (χ1v) is 19.7. The molecule has 0 radical (unpaired) electrons. The van der Waals surface area contributed by atoms with Crippen LogP contribution in [0.4, 0.5) is 29.3 Å². The van der Waals surface area contributed by atoms with Crippen molar-refractivity contribution in [2.24, 2.45) is 0 Å². The smallest absolute Gasteiger partial charge is 0.413 e. The number of piperazine rings is 1. The highest BCUT2D eigenvalue weighted by Gasteiger charge is 2.44. The number of aromatic nitrogens is 3. The molecule has 2 unspecified atom stereocenters. The van der Waals surface area contributed by atoms with Gasteiger partial charge in [-0.2, -0.15) is 9.97 Å². The molecule has 13 nitrogen and oxygen atoms in total. The number of morpholine rings is 1. The molecule has 4 aromatic rings. The molecule has 7 rings (SSSR count). The number of carbonyl (C=O) groups excluding carboxylic acids is 2. The number of nitrogens with zero attached hydrogens (tertiary/aromatic N) is 6. The minimum atomic E-state index is -0.770. The third kappa shape index (κ3) is 8.52. The summed E-state index contributed by atoms with van der Waals surface area (Å²) in [5.74, 6) is -0.912. The minimum Gasteiger partial charge on any atom is -0.459 e. The first-order valence-electron chi connectivity index (χ1n) is 18.5. The zero-order valence-electron chi connectivity index (χ0n) is 32.0. The fraction of sp³-hybridized carbons (Fsp3) is 0.553. The van der Waals surface area contributed by atoms with E-state index in [0.717, 1.165) is 37.3 Å². The fourth-order valence-electron chi connectivity index (χ4n) is 7.37. The maximum Gasteiger partial charge on any atom is 0.413 e. The van der Waals surface area contributed by atoms with Crippen LogP contribution in [0.5, 0.6) is 6.01 Å². The number of ether oxygens (including phenoxy) is 4. The zero-order valence-corrected chi connectivity index (χ0v) is 33.6. The van der Waals surface area contributed by atoms with E-state index in [0.29, 0.717) is 44.1 Å². The van der Waals surface area contributed by atoms with Crippen molar-refractivity contribution in [1.82, 2.24) is 24.8 Å². The number of benzene rings is 2. The number of thiazole rings is 1. The Morgan fingerprint density at radius 1 is 1.00 bits per heavy atom. The van der Waals surface area contributed by atoms with Gasteiger partial charge in [0.05, 0.1) is 28.5 Å². The van der Waals surface area contributed by atoms with Crippen LogP contribution in [-0.4, -0.2) is 112 Å². The Morgan fingerprint density at radius 2 is 1.67 bits per heavy atom. The topological polar surface area (TPSA) is 131 Å². The van der Waals surface area contributed by atoms with Crippen LogP contribution < -0.4 is 15.0 Å². The van der Waals surface area contributed by atoms with Gasteiger partial charge in [-0.3, -0.25) is 10.2 Å². The molecule has 1 N–H and O–H groups in total. The highest BCUT2D eigenvalue weighted by atomic mass is 35.5. The molecule has 3 fully saturated rings. The predicted octanol–water partition coefficient (Wildman–Crippen LogP) is 7.87. The number of hydrogen-bond acceptors (Lipinski definition) is 12. The molecular formula is C38H46ClF2N7O6S. The van der Waals surface area contributed by atoms with E-state index >= 15 is 8.78 Å². The number of halogens is 3. The lowest BCUT2D eigenvalue weighted by Gasteiger charge is -2.42. The number of rotatable bonds is 7. The average Bonchev–Trinajstić information content (AvgIpc) is 3.62. The van der Waals surface area contributed by atoms with Gasteiger partial charge in [0.2, 0.25) is 0 Å². The molecule has 2 bridgehead atoms. The molecule has 5 heterocycles. The van der Waals surface area contributed by atoms with Gasteiger partial charge in [0.1, 0.15) is 34.5 Å². The summed E-state index contributed by atoms with van der Waals surface area (Å²) in [6.45, 7) is 16.7. The molecule has 3 saturated heterocycles. The number of likely N-dealkylation sites (tertiary alicyclic amines) is 1. The van der Waals surface area contributed by atoms with E-state index in [1.54, 1.807) is 31.7 Å². The number of anilines is 2. The first-order chi connectivity index (χ1) is 25.9. The fourth-order valence-corrected chi connectivity index (χ4v) is 8.54. The van der Waals surface area contributed by atoms with Gasteiger partial charge in [-0.05, 0) is 79.5 Å². The second-order valence-electron chi connectivity index (χ2n) is 16.2. The van der Waals surface area contributed by atoms with Gasteiger partial charge in [-0.15, -0.1) is 0 Å². The number of nitrogens with one attached hydrogen (secondary N) is 1. The van der Waals surface area contributed by atoms with E-state index < -0.39 is 28.9 Å². The van der Waals surface area contributed by atoms with Crippen LogP contribution in [-0.2, 0) is 14.2 Å². The predicted molar refractivity (Wildman–Crippen MR) is 207 cm³/mol. The molecule has 2 aromatic heterocycles. The number of fused-ring (bicyclic) bond motifs is 4. The second-order valence-corrected chi connectivity index (χ2v) is 17.6. The minimum absolute atomic E-state index is 0.00818. The summed E-state index contributed by atoms with van der Waals surface area (Å²) in [4.78, 5) is 45.7. The Morgan fingerprint density at radius 3 is 2.33 bits per heavy atom. The molecule has 2 aromatic carbocycles. The lowest BCUT2D eigenvalue weighted by molar-refractivity contribution is 0.0200. The van der Waals surface area contributed by atoms with Gasteiger partial charge in [0, 0.05) is 61.3 Å². The number of carbonyl (C=O) groups is 2. The molecule has 296 valence electrons. The molecule has 3 aliphatic rings. The van der Waals surface area contributed by atoms with Crippen molar-refractivity contribution < 1.29 is 37.3 Å². The Labute approximate surface area is 327 Å². The van der Waals surface area contributed by atoms with Crippen molar-refractivity contribution in [3.63, 3.8) is 0 Å². The van der Waals surface area contributed by atoms with Crippen LogP contribution >= 0.6 is 22.9 Å². The van der Waals surface area contributed by atoms with E-state index in [1.807, 2.05) is 27.7 Å². The Balaban J connectivity index is 1.30. The van der Waals surface area contributed by atoms with E-state index in [-0.39, 0.29) is 67.3 Å². The standard InChI is InChI=1S/C38H46ClF2N7O6S/c1-20(17-46-12-14-51-15-13-46)52-33-42-29-24(32(44-33)48-21-8-9-22(48)19-47(18-21)36(50)54-38(5,6)7)16-25(39)27(28(29)41)23-10-11-26(40)31-30(23)43-34(55-31)45-35(49)53-37(2,3)4/h10-11,16,20-22H,8-9,12-15,17-19H2,1-7H3,(H,43,45,49)/t20-,21?,22?/m0/s1. The van der Waals surface area contributed by atoms with Crippen molar-refractivity contribution in [3.05, 3.63) is 34.9 Å². The molecule has 0 saturated carbocycles. The van der Waals surface area contributed by atoms with Gasteiger partial charge < -0.3 is 28.7 Å². The summed E-state index contributed by atoms with van der Waals surface area (Å²) in [5, 5.41) is 3.03. The van der Waals surface area contributed by atoms with Gasteiger partial charge in [-0.25, -0.2) is 23.4 Å². The Kier molecular flexibility index (Phi) is 10.7. The molecule has 0 aliphatic carbocycles. The molecule has 0 spiro atoms. The molecular weight excluding hydrogens is 756 g/mol. The molecule has 3 atom stereocenters. The van der Waals surface area contributed by atoms with E-state index in [2.05, 4.69) is 25.1 Å². The lowest BCUT2D eigenvalue weighted by atomic mass is 10.0. The maximum absolute atomic E-state index is 17.3. The van der Waals surface area contributed by atoms with E-state index in [1.165, 1.54) is 12.1 Å². The van der Waals surface area contributed by atoms with Gasteiger partial charge >= 0.3 is 18.2 Å². The van der Waals surface area contributed by atoms with Gasteiger partial charge in [0.15, 0.2) is 10.9 Å². The van der Waals surface area contributed by atoms with Crippen LogP contribution in [0, 0.1) is 11.6 Å². The van der Waals surface area contributed by atoms with Gasteiger partial charge in [0.25, 0.3) is 0 Å². The number of amides is 2. The van der Waals surface area contributed by atoms with Crippen LogP contribution in [0.1, 0.15) is 61.3 Å². The summed E-state index contributed by atoms with van der Waals surface area (Å²) in [6.07, 6.45) is 0.0772. The maximum atomic E-state index is 17.3. The summed E-state index contributed by atoms with van der Waals surface area (Å²) < 4.78 is 55.4. The highest BCUT2D eigenvalue weighted by molar-refractivity contribution is 7.22. The van der Waals surface area contributed by atoms with Crippen LogP contribution in [0.2, 0.25) is 5.02 Å². The first kappa shape index (κ1) is 39.1. The molecule has 55 heavy (non-hydrogen) atoms. The van der Waals surface area contributed by atoms with Crippen molar-refractivity contribution in [2.45, 2.75) is 90.7 Å². The SMILES string of the molecule is C[C@@H](CN1CCOCC1)Oc1nc(N2C3CCC2CN(C(=O)OC(C)(C)C)C3)c2cc(Cl)c(-c3ccc(F)c4sc(NC(=O)OC(C)(C)C)nc34)c(F)c2n1. The summed E-state index contributed by atoms with van der Waals surface area (Å²) in [5.41, 5.74) is -1.17. The van der Waals surface area contributed by atoms with Crippen LogP contribution in [0.3, 0.4) is 0 Å². The molecule has 17 heteroatoms. The number of hydrogen-bond donors (Lipinski definition) is 1. The summed E-state index contributed by atoms with van der Waals surface area (Å²) >= 11 is 7.86. The second kappa shape index (κ2) is 15.1. The average molecular weight is 802 g/mol. The largest absolute Gasteiger partial charge is 0.459 e. The monoisotopic (exact) mass is 801 g/mol.